The highest BCUT2D eigenvalue weighted by atomic mass is 16.5. The molecule has 1 amide bonds. The minimum atomic E-state index is -1.40. The van der Waals surface area contributed by atoms with Crippen LogP contribution in [0.3, 0.4) is 0 Å². The second-order valence-electron chi connectivity index (χ2n) is 7.41. The normalized spacial score (nSPS) is 14.2. The van der Waals surface area contributed by atoms with E-state index < -0.39 is 18.3 Å². The third-order valence-corrected chi connectivity index (χ3v) is 5.45. The number of carbonyl (C=O) groups is 1. The molecule has 0 spiro atoms. The zero-order chi connectivity index (χ0) is 22.7. The number of hydrogen-bond acceptors (Lipinski definition) is 8. The van der Waals surface area contributed by atoms with Crippen LogP contribution in [0.25, 0.3) is 11.1 Å². The molecule has 5 N–H and O–H groups in total. The second kappa shape index (κ2) is 9.21. The number of aliphatic hydroxyl groups excluding tert-OH is 2. The summed E-state index contributed by atoms with van der Waals surface area (Å²) in [5, 5.41) is 23.0. The molecule has 166 valence electrons. The number of amides is 1. The van der Waals surface area contributed by atoms with Crippen LogP contribution in [0.4, 0.5) is 10.6 Å². The average molecular weight is 436 g/mol. The predicted octanol–water partition coefficient (Wildman–Crippen LogP) is 2.00. The number of methoxy groups -OCH3 is 1. The van der Waals surface area contributed by atoms with Crippen LogP contribution in [0.5, 0.6) is 5.88 Å². The quantitative estimate of drug-likeness (QED) is 0.441. The number of rotatable bonds is 7. The minimum Gasteiger partial charge on any atom is -0.478 e. The maximum Gasteiger partial charge on any atom is 0.407 e. The fraction of sp³-hybridized carbons (Fsp3) is 0.261. The molecule has 1 aliphatic carbocycles. The molecule has 0 radical (unpaired) electrons. The summed E-state index contributed by atoms with van der Waals surface area (Å²) in [4.78, 5) is 20.1. The molecule has 2 atom stereocenters. The topological polar surface area (TPSA) is 140 Å². The summed E-state index contributed by atoms with van der Waals surface area (Å²) in [6.07, 6.45) is -2.19. The van der Waals surface area contributed by atoms with Gasteiger partial charge in [-0.15, -0.1) is 0 Å². The third kappa shape index (κ3) is 4.20. The van der Waals surface area contributed by atoms with Gasteiger partial charge >= 0.3 is 6.09 Å². The van der Waals surface area contributed by atoms with Crippen molar-refractivity contribution in [1.29, 1.82) is 0 Å². The molecule has 4 rings (SSSR count). The van der Waals surface area contributed by atoms with E-state index in [1.807, 2.05) is 36.4 Å². The Morgan fingerprint density at radius 2 is 1.75 bits per heavy atom. The number of nitrogens with one attached hydrogen (secondary N) is 1. The van der Waals surface area contributed by atoms with E-state index in [1.165, 1.54) is 13.3 Å². The second-order valence-corrected chi connectivity index (χ2v) is 7.41. The van der Waals surface area contributed by atoms with Gasteiger partial charge in [-0.1, -0.05) is 48.5 Å². The molecule has 0 fully saturated rings. The van der Waals surface area contributed by atoms with E-state index in [0.29, 0.717) is 0 Å². The summed E-state index contributed by atoms with van der Waals surface area (Å²) in [6.45, 7) is -0.0919. The summed E-state index contributed by atoms with van der Waals surface area (Å²) in [5.41, 5.74) is 10.1. The molecular formula is C23H24N4O5. The largest absolute Gasteiger partial charge is 0.478 e. The zero-order valence-corrected chi connectivity index (χ0v) is 17.4. The number of nitrogens with two attached hydrogens (primary N) is 1. The average Bonchev–Trinajstić information content (AvgIpc) is 3.14. The SMILES string of the molecule is COc1nc(C(O)C(O)CNC(=O)OCC2c3ccccc3-c3ccccc32)cnc1N. The molecule has 0 saturated carbocycles. The number of anilines is 1. The van der Waals surface area contributed by atoms with E-state index in [0.717, 1.165) is 22.3 Å². The summed E-state index contributed by atoms with van der Waals surface area (Å²) in [5.74, 6) is 0.0362. The Bertz CT molecular complexity index is 1080. The van der Waals surface area contributed by atoms with Crippen LogP contribution in [0, 0.1) is 0 Å². The highest BCUT2D eigenvalue weighted by Crippen LogP contribution is 2.44. The fourth-order valence-electron chi connectivity index (χ4n) is 3.83. The van der Waals surface area contributed by atoms with E-state index in [1.54, 1.807) is 0 Å². The van der Waals surface area contributed by atoms with Gasteiger partial charge < -0.3 is 30.7 Å². The van der Waals surface area contributed by atoms with E-state index in [-0.39, 0.29) is 36.5 Å². The van der Waals surface area contributed by atoms with Crippen molar-refractivity contribution in [2.24, 2.45) is 0 Å². The van der Waals surface area contributed by atoms with Crippen LogP contribution < -0.4 is 15.8 Å². The lowest BCUT2D eigenvalue weighted by atomic mass is 9.98. The molecule has 9 nitrogen and oxygen atoms in total. The Morgan fingerprint density at radius 1 is 1.12 bits per heavy atom. The zero-order valence-electron chi connectivity index (χ0n) is 17.4. The first kappa shape index (κ1) is 21.5. The summed E-state index contributed by atoms with van der Waals surface area (Å²) in [6, 6.07) is 16.1. The van der Waals surface area contributed by atoms with Gasteiger partial charge in [-0.05, 0) is 22.3 Å². The minimum absolute atomic E-state index is 0.0400. The highest BCUT2D eigenvalue weighted by Gasteiger charge is 2.29. The van der Waals surface area contributed by atoms with Gasteiger partial charge in [-0.25, -0.2) is 14.8 Å². The molecule has 1 aromatic heterocycles. The van der Waals surface area contributed by atoms with E-state index >= 15 is 0 Å². The van der Waals surface area contributed by atoms with Gasteiger partial charge in [0.05, 0.1) is 19.0 Å². The van der Waals surface area contributed by atoms with Crippen LogP contribution in [-0.4, -0.2) is 52.6 Å². The van der Waals surface area contributed by atoms with E-state index in [9.17, 15) is 15.0 Å². The van der Waals surface area contributed by atoms with Crippen LogP contribution in [0.15, 0.2) is 54.7 Å². The van der Waals surface area contributed by atoms with Crippen molar-refractivity contribution in [2.75, 3.05) is 26.0 Å². The molecular weight excluding hydrogens is 412 g/mol. The van der Waals surface area contributed by atoms with Crippen LogP contribution in [0.2, 0.25) is 0 Å². The maximum atomic E-state index is 12.2. The number of carbonyl (C=O) groups excluding carboxylic acids is 1. The van der Waals surface area contributed by atoms with Crippen molar-refractivity contribution in [3.63, 3.8) is 0 Å². The van der Waals surface area contributed by atoms with E-state index in [2.05, 4.69) is 27.4 Å². The number of aliphatic hydroxyl groups is 2. The Kier molecular flexibility index (Phi) is 6.20. The highest BCUT2D eigenvalue weighted by molar-refractivity contribution is 5.79. The van der Waals surface area contributed by atoms with Crippen LogP contribution >= 0.6 is 0 Å². The number of alkyl carbamates (subject to hydrolysis) is 1. The Morgan fingerprint density at radius 3 is 2.38 bits per heavy atom. The van der Waals surface area contributed by atoms with Crippen LogP contribution in [0.1, 0.15) is 28.8 Å². The number of ether oxygens (including phenoxy) is 2. The molecule has 2 unspecified atom stereocenters. The van der Waals surface area contributed by atoms with Crippen LogP contribution in [-0.2, 0) is 4.74 Å². The molecule has 1 heterocycles. The number of nitrogen functional groups attached to an aromatic ring is 1. The monoisotopic (exact) mass is 436 g/mol. The number of nitrogens with zero attached hydrogens (tertiary/aromatic N) is 2. The Hall–Kier alpha value is -3.69. The van der Waals surface area contributed by atoms with Gasteiger partial charge in [0, 0.05) is 12.5 Å². The first-order valence-electron chi connectivity index (χ1n) is 10.1. The van der Waals surface area contributed by atoms with Crippen molar-refractivity contribution < 1.29 is 24.5 Å². The van der Waals surface area contributed by atoms with Gasteiger partial charge in [0.15, 0.2) is 5.82 Å². The van der Waals surface area contributed by atoms with Crippen molar-refractivity contribution in [2.45, 2.75) is 18.1 Å². The van der Waals surface area contributed by atoms with Crippen molar-refractivity contribution in [3.05, 3.63) is 71.5 Å². The standard InChI is InChI=1S/C23H24N4O5/c1-31-22-21(24)25-10-18(27-22)20(29)19(28)11-26-23(30)32-12-17-15-8-4-2-6-13(15)14-7-3-5-9-16(14)17/h2-10,17,19-20,28-29H,11-12H2,1H3,(H2,24,25)(H,26,30). The number of fused-ring (bicyclic) bond motifs is 3. The lowest BCUT2D eigenvalue weighted by molar-refractivity contribution is 0.0156. The van der Waals surface area contributed by atoms with Gasteiger partial charge in [0.25, 0.3) is 5.88 Å². The van der Waals surface area contributed by atoms with Gasteiger partial charge in [-0.3, -0.25) is 0 Å². The van der Waals surface area contributed by atoms with Gasteiger partial charge in [0.1, 0.15) is 18.8 Å². The molecule has 32 heavy (non-hydrogen) atoms. The van der Waals surface area contributed by atoms with Gasteiger partial charge in [-0.2, -0.15) is 0 Å². The maximum absolute atomic E-state index is 12.2. The third-order valence-electron chi connectivity index (χ3n) is 5.45. The molecule has 0 bridgehead atoms. The Balaban J connectivity index is 1.34. The predicted molar refractivity (Wildman–Crippen MR) is 117 cm³/mol. The van der Waals surface area contributed by atoms with E-state index in [4.69, 9.17) is 15.2 Å². The van der Waals surface area contributed by atoms with Crippen molar-refractivity contribution >= 4 is 11.9 Å². The molecule has 0 aliphatic heterocycles. The van der Waals surface area contributed by atoms with Crippen molar-refractivity contribution in [1.82, 2.24) is 15.3 Å². The molecule has 2 aromatic carbocycles. The molecule has 9 heteroatoms. The first-order valence-corrected chi connectivity index (χ1v) is 10.1. The lowest BCUT2D eigenvalue weighted by Gasteiger charge is -2.19. The number of aromatic nitrogens is 2. The van der Waals surface area contributed by atoms with Gasteiger partial charge in [0.2, 0.25) is 0 Å². The summed E-state index contributed by atoms with van der Waals surface area (Å²) >= 11 is 0. The smallest absolute Gasteiger partial charge is 0.407 e. The lowest BCUT2D eigenvalue weighted by Crippen LogP contribution is -2.36. The fourth-order valence-corrected chi connectivity index (χ4v) is 3.83. The molecule has 0 saturated heterocycles. The molecule has 3 aromatic rings. The Labute approximate surface area is 184 Å². The van der Waals surface area contributed by atoms with Crippen molar-refractivity contribution in [3.8, 4) is 17.0 Å². The number of hydrogen-bond donors (Lipinski definition) is 4. The summed E-state index contributed by atoms with van der Waals surface area (Å²) in [7, 11) is 1.37. The molecule has 1 aliphatic rings. The number of benzene rings is 2. The summed E-state index contributed by atoms with van der Waals surface area (Å²) < 4.78 is 10.4. The first-order chi connectivity index (χ1) is 15.5.